The molecule has 2 aromatic carbocycles. The van der Waals surface area contributed by atoms with Gasteiger partial charge >= 0.3 is 0 Å². The standard InChI is InChI=1S/C25H24ClN3O2S/c26-21-13-7-6-10-18(21)16-22-24(31)29(19-11-4-3-5-12-19)25(32-22)20(17-27)23(30)28-14-8-1-2-9-15-28/h3-7,10-13,22H,1-2,8-9,14-16H2/b25-20-/t22-/m1/s1. The summed E-state index contributed by atoms with van der Waals surface area (Å²) in [5.74, 6) is -0.434. The predicted octanol–water partition coefficient (Wildman–Crippen LogP) is 5.17. The van der Waals surface area contributed by atoms with E-state index in [1.54, 1.807) is 11.0 Å². The molecule has 0 aliphatic carbocycles. The highest BCUT2D eigenvalue weighted by Gasteiger charge is 2.41. The Labute approximate surface area is 197 Å². The summed E-state index contributed by atoms with van der Waals surface area (Å²) in [6.45, 7) is 1.29. The number of hydrogen-bond acceptors (Lipinski definition) is 4. The SMILES string of the molecule is N#C/C(C(=O)N1CCCCCC1)=C1/S[C@H](Cc2ccccc2Cl)C(=O)N1c1ccccc1. The molecule has 2 amide bonds. The Bertz CT molecular complexity index is 1070. The van der Waals surface area contributed by atoms with Gasteiger partial charge in [0, 0.05) is 23.8 Å². The Hall–Kier alpha value is -2.75. The van der Waals surface area contributed by atoms with Crippen molar-refractivity contribution in [2.24, 2.45) is 0 Å². The lowest BCUT2D eigenvalue weighted by molar-refractivity contribution is -0.126. The summed E-state index contributed by atoms with van der Waals surface area (Å²) >= 11 is 7.62. The van der Waals surface area contributed by atoms with Crippen LogP contribution in [-0.4, -0.2) is 35.1 Å². The first kappa shape index (κ1) is 22.4. The van der Waals surface area contributed by atoms with Crippen LogP contribution >= 0.6 is 23.4 Å². The predicted molar refractivity (Wildman–Crippen MR) is 128 cm³/mol. The molecule has 2 saturated heterocycles. The minimum Gasteiger partial charge on any atom is -0.338 e. The molecule has 164 valence electrons. The normalized spacial score (nSPS) is 20.6. The average Bonchev–Trinajstić information content (AvgIpc) is 2.98. The number of nitrogens with zero attached hydrogens (tertiary/aromatic N) is 3. The van der Waals surface area contributed by atoms with E-state index in [4.69, 9.17) is 11.6 Å². The van der Waals surface area contributed by atoms with Gasteiger partial charge in [0.25, 0.3) is 5.91 Å². The van der Waals surface area contributed by atoms with Gasteiger partial charge < -0.3 is 4.90 Å². The van der Waals surface area contributed by atoms with E-state index >= 15 is 0 Å². The quantitative estimate of drug-likeness (QED) is 0.461. The fraction of sp³-hybridized carbons (Fsp3) is 0.320. The average molecular weight is 466 g/mol. The molecule has 1 atom stereocenters. The summed E-state index contributed by atoms with van der Waals surface area (Å²) in [6, 6.07) is 18.8. The van der Waals surface area contributed by atoms with E-state index in [0.29, 0.717) is 35.2 Å². The smallest absolute Gasteiger partial charge is 0.267 e. The minimum absolute atomic E-state index is 0.0377. The van der Waals surface area contributed by atoms with Gasteiger partial charge in [-0.3, -0.25) is 14.5 Å². The molecule has 0 saturated carbocycles. The molecule has 2 aliphatic heterocycles. The summed E-state index contributed by atoms with van der Waals surface area (Å²) in [5.41, 5.74) is 1.56. The van der Waals surface area contributed by atoms with Crippen LogP contribution < -0.4 is 4.90 Å². The second-order valence-corrected chi connectivity index (χ2v) is 9.51. The zero-order valence-electron chi connectivity index (χ0n) is 17.7. The third-order valence-corrected chi connectivity index (χ3v) is 7.39. The van der Waals surface area contributed by atoms with Gasteiger partial charge in [-0.15, -0.1) is 0 Å². The number of carbonyl (C=O) groups excluding carboxylic acids is 2. The van der Waals surface area contributed by atoms with E-state index < -0.39 is 5.25 Å². The second kappa shape index (κ2) is 10.2. The highest BCUT2D eigenvalue weighted by molar-refractivity contribution is 8.05. The van der Waals surface area contributed by atoms with Gasteiger partial charge in [0.2, 0.25) is 5.91 Å². The Balaban J connectivity index is 1.72. The van der Waals surface area contributed by atoms with Crippen molar-refractivity contribution in [2.75, 3.05) is 18.0 Å². The van der Waals surface area contributed by atoms with Gasteiger partial charge in [-0.1, -0.05) is 72.6 Å². The molecule has 0 unspecified atom stereocenters. The Morgan fingerprint density at radius 2 is 1.69 bits per heavy atom. The molecule has 0 spiro atoms. The van der Waals surface area contributed by atoms with Crippen LogP contribution in [0.2, 0.25) is 5.02 Å². The molecule has 2 fully saturated rings. The van der Waals surface area contributed by atoms with Crippen LogP contribution in [0.5, 0.6) is 0 Å². The molecule has 0 radical (unpaired) electrons. The van der Waals surface area contributed by atoms with Crippen LogP contribution in [0.25, 0.3) is 0 Å². The van der Waals surface area contributed by atoms with E-state index in [0.717, 1.165) is 31.2 Å². The summed E-state index contributed by atoms with van der Waals surface area (Å²) < 4.78 is 0. The Morgan fingerprint density at radius 3 is 2.34 bits per heavy atom. The maximum atomic E-state index is 13.5. The number of rotatable bonds is 4. The van der Waals surface area contributed by atoms with E-state index in [9.17, 15) is 14.9 Å². The Kier molecular flexibility index (Phi) is 7.19. The number of halogens is 1. The highest BCUT2D eigenvalue weighted by atomic mass is 35.5. The van der Waals surface area contributed by atoms with E-state index in [-0.39, 0.29) is 17.4 Å². The van der Waals surface area contributed by atoms with Crippen molar-refractivity contribution in [3.63, 3.8) is 0 Å². The first-order valence-electron chi connectivity index (χ1n) is 10.8. The number of amides is 2. The molecule has 0 bridgehead atoms. The number of hydrogen-bond donors (Lipinski definition) is 0. The van der Waals surface area contributed by atoms with Crippen molar-refractivity contribution in [1.29, 1.82) is 5.26 Å². The Morgan fingerprint density at radius 1 is 1.03 bits per heavy atom. The van der Waals surface area contributed by atoms with Crippen molar-refractivity contribution in [2.45, 2.75) is 37.4 Å². The fourth-order valence-corrected chi connectivity index (χ4v) is 5.59. The van der Waals surface area contributed by atoms with Crippen molar-refractivity contribution in [3.8, 4) is 6.07 Å². The van der Waals surface area contributed by atoms with Crippen molar-refractivity contribution in [1.82, 2.24) is 4.90 Å². The van der Waals surface area contributed by atoms with Crippen LogP contribution in [0, 0.1) is 11.3 Å². The number of carbonyl (C=O) groups is 2. The molecule has 2 heterocycles. The molecule has 2 aliphatic rings. The van der Waals surface area contributed by atoms with E-state index in [2.05, 4.69) is 6.07 Å². The molecule has 4 rings (SSSR count). The van der Waals surface area contributed by atoms with Crippen molar-refractivity contribution in [3.05, 3.63) is 75.8 Å². The third-order valence-electron chi connectivity index (χ3n) is 5.76. The van der Waals surface area contributed by atoms with Gasteiger partial charge in [0.1, 0.15) is 16.7 Å². The minimum atomic E-state index is -0.467. The van der Waals surface area contributed by atoms with Crippen molar-refractivity contribution >= 4 is 40.9 Å². The maximum absolute atomic E-state index is 13.5. The largest absolute Gasteiger partial charge is 0.338 e. The van der Waals surface area contributed by atoms with Crippen LogP contribution in [0.4, 0.5) is 5.69 Å². The lowest BCUT2D eigenvalue weighted by Crippen LogP contribution is -2.35. The molecule has 0 aromatic heterocycles. The second-order valence-electron chi connectivity index (χ2n) is 7.91. The molecule has 32 heavy (non-hydrogen) atoms. The number of thioether (sulfide) groups is 1. The summed E-state index contributed by atoms with van der Waals surface area (Å²) in [6.07, 6.45) is 4.47. The first-order chi connectivity index (χ1) is 15.6. The zero-order chi connectivity index (χ0) is 22.5. The summed E-state index contributed by atoms with van der Waals surface area (Å²) in [4.78, 5) is 30.1. The summed E-state index contributed by atoms with van der Waals surface area (Å²) in [7, 11) is 0. The molecule has 7 heteroatoms. The number of anilines is 1. The molecule has 5 nitrogen and oxygen atoms in total. The van der Waals surface area contributed by atoms with Gasteiger partial charge in [0.15, 0.2) is 0 Å². The van der Waals surface area contributed by atoms with Crippen LogP contribution in [0.3, 0.4) is 0 Å². The van der Waals surface area contributed by atoms with Gasteiger partial charge in [0.05, 0.1) is 5.25 Å². The van der Waals surface area contributed by atoms with Gasteiger partial charge in [-0.05, 0) is 43.0 Å². The van der Waals surface area contributed by atoms with Crippen LogP contribution in [0.15, 0.2) is 65.2 Å². The van der Waals surface area contributed by atoms with Crippen molar-refractivity contribution < 1.29 is 9.59 Å². The summed E-state index contributed by atoms with van der Waals surface area (Å²) in [5, 5.41) is 10.5. The number of benzene rings is 2. The lowest BCUT2D eigenvalue weighted by Gasteiger charge is -2.23. The third kappa shape index (κ3) is 4.69. The van der Waals surface area contributed by atoms with Crippen LogP contribution in [-0.2, 0) is 16.0 Å². The number of nitriles is 1. The van der Waals surface area contributed by atoms with Crippen LogP contribution in [0.1, 0.15) is 31.2 Å². The molecule has 0 N–H and O–H groups in total. The number of likely N-dealkylation sites (tertiary alicyclic amines) is 1. The monoisotopic (exact) mass is 465 g/mol. The zero-order valence-corrected chi connectivity index (χ0v) is 19.2. The topological polar surface area (TPSA) is 64.4 Å². The van der Waals surface area contributed by atoms with E-state index in [1.165, 1.54) is 16.7 Å². The van der Waals surface area contributed by atoms with Gasteiger partial charge in [-0.2, -0.15) is 5.26 Å². The molecule has 2 aromatic rings. The number of para-hydroxylation sites is 1. The van der Waals surface area contributed by atoms with E-state index in [1.807, 2.05) is 48.5 Å². The lowest BCUT2D eigenvalue weighted by atomic mass is 10.1. The van der Waals surface area contributed by atoms with Gasteiger partial charge in [-0.25, -0.2) is 0 Å². The maximum Gasteiger partial charge on any atom is 0.267 e. The fourth-order valence-electron chi connectivity index (χ4n) is 4.09. The highest BCUT2D eigenvalue weighted by Crippen LogP contribution is 2.42. The first-order valence-corrected chi connectivity index (χ1v) is 12.1. The molecular weight excluding hydrogens is 442 g/mol. The molecular formula is C25H24ClN3O2S.